The van der Waals surface area contributed by atoms with Gasteiger partial charge < -0.3 is 5.32 Å². The molecule has 0 radical (unpaired) electrons. The van der Waals surface area contributed by atoms with Crippen LogP contribution in [0, 0.1) is 20.8 Å². The summed E-state index contributed by atoms with van der Waals surface area (Å²) in [5.41, 5.74) is 5.99. The number of hydrogen-bond acceptors (Lipinski definition) is 4. The summed E-state index contributed by atoms with van der Waals surface area (Å²) in [7, 11) is 0. The first kappa shape index (κ1) is 22.1. The van der Waals surface area contributed by atoms with Gasteiger partial charge in [0.1, 0.15) is 0 Å². The average molecular weight is 463 g/mol. The van der Waals surface area contributed by atoms with Crippen LogP contribution in [-0.4, -0.2) is 26.4 Å². The maximum absolute atomic E-state index is 12.6. The molecular formula is C25H23ClN4OS. The van der Waals surface area contributed by atoms with Crippen molar-refractivity contribution < 1.29 is 4.79 Å². The van der Waals surface area contributed by atoms with Crippen molar-refractivity contribution in [2.45, 2.75) is 25.9 Å². The van der Waals surface area contributed by atoms with Crippen LogP contribution in [-0.2, 0) is 4.79 Å². The lowest BCUT2D eigenvalue weighted by Crippen LogP contribution is -2.15. The van der Waals surface area contributed by atoms with E-state index in [0.717, 1.165) is 22.6 Å². The predicted molar refractivity (Wildman–Crippen MR) is 132 cm³/mol. The van der Waals surface area contributed by atoms with Crippen molar-refractivity contribution in [3.8, 4) is 17.1 Å². The van der Waals surface area contributed by atoms with Crippen molar-refractivity contribution in [1.29, 1.82) is 0 Å². The average Bonchev–Trinajstić information content (AvgIpc) is 3.21. The molecule has 5 nitrogen and oxygen atoms in total. The maximum atomic E-state index is 12.6. The molecule has 4 rings (SSSR count). The second-order valence-electron chi connectivity index (χ2n) is 7.57. The number of nitrogens with one attached hydrogen (secondary N) is 1. The van der Waals surface area contributed by atoms with E-state index in [1.165, 1.54) is 22.9 Å². The number of thioether (sulfide) groups is 1. The molecule has 0 unspecified atom stereocenters. The van der Waals surface area contributed by atoms with E-state index in [-0.39, 0.29) is 11.7 Å². The minimum atomic E-state index is -0.128. The van der Waals surface area contributed by atoms with Crippen LogP contribution < -0.4 is 5.32 Å². The Hall–Kier alpha value is -3.09. The standard InChI is InChI=1S/C25H23ClN4OS/c1-16-10-12-21(13-18(16)3)30-24(19-7-5-4-6-8-19)28-29-25(30)32-15-23(31)27-22-14-20(26)11-9-17(22)2/h4-14H,15H2,1-3H3,(H,27,31). The molecule has 0 aliphatic rings. The maximum Gasteiger partial charge on any atom is 0.234 e. The topological polar surface area (TPSA) is 59.8 Å². The van der Waals surface area contributed by atoms with E-state index in [1.54, 1.807) is 12.1 Å². The van der Waals surface area contributed by atoms with Gasteiger partial charge in [-0.3, -0.25) is 9.36 Å². The summed E-state index contributed by atoms with van der Waals surface area (Å²) in [5, 5.41) is 13.0. The summed E-state index contributed by atoms with van der Waals surface area (Å²) in [5.74, 6) is 0.808. The van der Waals surface area contributed by atoms with Crippen molar-refractivity contribution in [1.82, 2.24) is 14.8 Å². The number of hydrogen-bond donors (Lipinski definition) is 1. The van der Waals surface area contributed by atoms with E-state index in [2.05, 4.69) is 47.6 Å². The third-order valence-corrected chi connectivity index (χ3v) is 6.38. The van der Waals surface area contributed by atoms with Gasteiger partial charge in [-0.1, -0.05) is 65.8 Å². The highest BCUT2D eigenvalue weighted by Crippen LogP contribution is 2.29. The minimum absolute atomic E-state index is 0.128. The van der Waals surface area contributed by atoms with Crippen LogP contribution in [0.3, 0.4) is 0 Å². The molecular weight excluding hydrogens is 440 g/mol. The molecule has 1 aromatic heterocycles. The number of amides is 1. The molecule has 0 aliphatic carbocycles. The Bertz CT molecular complexity index is 1270. The third-order valence-electron chi connectivity index (χ3n) is 5.22. The summed E-state index contributed by atoms with van der Waals surface area (Å²) in [6, 6.07) is 21.6. The molecule has 1 heterocycles. The number of anilines is 1. The van der Waals surface area contributed by atoms with E-state index in [1.807, 2.05) is 47.9 Å². The summed E-state index contributed by atoms with van der Waals surface area (Å²) in [6.07, 6.45) is 0. The van der Waals surface area contributed by atoms with Crippen molar-refractivity contribution in [3.63, 3.8) is 0 Å². The number of carbonyl (C=O) groups excluding carboxylic acids is 1. The number of carbonyl (C=O) groups is 1. The lowest BCUT2D eigenvalue weighted by Gasteiger charge is -2.12. The second-order valence-corrected chi connectivity index (χ2v) is 8.95. The first-order valence-corrected chi connectivity index (χ1v) is 11.6. The fourth-order valence-corrected chi connectivity index (χ4v) is 4.20. The van der Waals surface area contributed by atoms with Crippen LogP contribution in [0.25, 0.3) is 17.1 Å². The number of benzene rings is 3. The van der Waals surface area contributed by atoms with E-state index in [9.17, 15) is 4.79 Å². The molecule has 0 bridgehead atoms. The number of aromatic nitrogens is 3. The zero-order valence-electron chi connectivity index (χ0n) is 18.1. The SMILES string of the molecule is Cc1ccc(-n2c(SCC(=O)Nc3cc(Cl)ccc3C)nnc2-c2ccccc2)cc1C. The molecule has 1 N–H and O–H groups in total. The van der Waals surface area contributed by atoms with Gasteiger partial charge in [-0.25, -0.2) is 0 Å². The molecule has 7 heteroatoms. The lowest BCUT2D eigenvalue weighted by molar-refractivity contribution is -0.113. The molecule has 1 amide bonds. The highest BCUT2D eigenvalue weighted by molar-refractivity contribution is 7.99. The molecule has 0 fully saturated rings. The minimum Gasteiger partial charge on any atom is -0.325 e. The van der Waals surface area contributed by atoms with Crippen molar-refractivity contribution >= 4 is 35.0 Å². The van der Waals surface area contributed by atoms with Gasteiger partial charge in [-0.05, 0) is 61.7 Å². The van der Waals surface area contributed by atoms with Gasteiger partial charge in [-0.2, -0.15) is 0 Å². The van der Waals surface area contributed by atoms with Gasteiger partial charge in [0.25, 0.3) is 0 Å². The summed E-state index contributed by atoms with van der Waals surface area (Å²) in [6.45, 7) is 6.10. The molecule has 0 aliphatic heterocycles. The van der Waals surface area contributed by atoms with Crippen LogP contribution in [0.2, 0.25) is 5.02 Å². The summed E-state index contributed by atoms with van der Waals surface area (Å²) < 4.78 is 2.00. The fourth-order valence-electron chi connectivity index (χ4n) is 3.28. The van der Waals surface area contributed by atoms with Crippen LogP contribution in [0.15, 0.2) is 71.9 Å². The number of nitrogens with zero attached hydrogens (tertiary/aromatic N) is 3. The lowest BCUT2D eigenvalue weighted by atomic mass is 10.1. The van der Waals surface area contributed by atoms with Gasteiger partial charge in [0.05, 0.1) is 11.4 Å². The molecule has 4 aromatic rings. The van der Waals surface area contributed by atoms with Crippen LogP contribution in [0.4, 0.5) is 5.69 Å². The number of aryl methyl sites for hydroxylation is 3. The van der Waals surface area contributed by atoms with Crippen LogP contribution in [0.1, 0.15) is 16.7 Å². The fraction of sp³-hybridized carbons (Fsp3) is 0.160. The first-order chi connectivity index (χ1) is 15.4. The van der Waals surface area contributed by atoms with Gasteiger partial charge in [0.2, 0.25) is 5.91 Å². The van der Waals surface area contributed by atoms with Gasteiger partial charge >= 0.3 is 0 Å². The molecule has 0 atom stereocenters. The predicted octanol–water partition coefficient (Wildman–Crippen LogP) is 6.24. The van der Waals surface area contributed by atoms with Crippen LogP contribution in [0.5, 0.6) is 0 Å². The van der Waals surface area contributed by atoms with Crippen molar-refractivity contribution in [3.05, 3.63) is 88.4 Å². The second kappa shape index (κ2) is 9.59. The van der Waals surface area contributed by atoms with E-state index >= 15 is 0 Å². The Labute approximate surface area is 196 Å². The monoisotopic (exact) mass is 462 g/mol. The number of rotatable bonds is 6. The van der Waals surface area contributed by atoms with Gasteiger partial charge in [0.15, 0.2) is 11.0 Å². The zero-order valence-corrected chi connectivity index (χ0v) is 19.7. The third kappa shape index (κ3) is 4.87. The Kier molecular flexibility index (Phi) is 6.63. The smallest absolute Gasteiger partial charge is 0.234 e. The van der Waals surface area contributed by atoms with Gasteiger partial charge in [0, 0.05) is 16.3 Å². The first-order valence-electron chi connectivity index (χ1n) is 10.2. The highest BCUT2D eigenvalue weighted by atomic mass is 35.5. The molecule has 32 heavy (non-hydrogen) atoms. The quantitative estimate of drug-likeness (QED) is 0.344. The summed E-state index contributed by atoms with van der Waals surface area (Å²) >= 11 is 7.42. The summed E-state index contributed by atoms with van der Waals surface area (Å²) in [4.78, 5) is 12.6. The van der Waals surface area contributed by atoms with Crippen molar-refractivity contribution in [2.24, 2.45) is 0 Å². The Balaban J connectivity index is 1.62. The van der Waals surface area contributed by atoms with E-state index in [0.29, 0.717) is 15.9 Å². The largest absolute Gasteiger partial charge is 0.325 e. The molecule has 0 spiro atoms. The normalized spacial score (nSPS) is 10.9. The molecule has 0 saturated carbocycles. The molecule has 0 saturated heterocycles. The van der Waals surface area contributed by atoms with Gasteiger partial charge in [-0.15, -0.1) is 10.2 Å². The van der Waals surface area contributed by atoms with E-state index < -0.39 is 0 Å². The Morgan fingerprint density at radius 3 is 2.44 bits per heavy atom. The zero-order chi connectivity index (χ0) is 22.7. The Morgan fingerprint density at radius 1 is 0.938 bits per heavy atom. The number of halogens is 1. The molecule has 162 valence electrons. The van der Waals surface area contributed by atoms with E-state index in [4.69, 9.17) is 11.6 Å². The highest BCUT2D eigenvalue weighted by Gasteiger charge is 2.18. The Morgan fingerprint density at radius 2 is 1.69 bits per heavy atom. The molecule has 3 aromatic carbocycles. The van der Waals surface area contributed by atoms with Crippen molar-refractivity contribution in [2.75, 3.05) is 11.1 Å². The van der Waals surface area contributed by atoms with Crippen LogP contribution >= 0.6 is 23.4 Å².